The molecule has 2 aliphatic heterocycles. The second-order valence-corrected chi connectivity index (χ2v) is 6.84. The number of hydrogen-bond acceptors (Lipinski definition) is 4. The number of carboxylic acid groups (broad SMARTS) is 1. The van der Waals surface area contributed by atoms with Crippen LogP contribution in [0.2, 0.25) is 0 Å². The molecule has 2 rings (SSSR count). The van der Waals surface area contributed by atoms with Crippen LogP contribution in [-0.4, -0.2) is 66.5 Å². The van der Waals surface area contributed by atoms with Gasteiger partial charge in [-0.2, -0.15) is 17.0 Å². The van der Waals surface area contributed by atoms with Gasteiger partial charge in [0.15, 0.2) is 0 Å². The van der Waals surface area contributed by atoms with Crippen LogP contribution in [0.1, 0.15) is 26.2 Å². The number of ether oxygens (including phenoxy) is 1. The highest BCUT2D eigenvalue weighted by atomic mass is 32.2. The second-order valence-electron chi connectivity index (χ2n) is 5.00. The lowest BCUT2D eigenvalue weighted by Gasteiger charge is -2.39. The molecule has 1 unspecified atom stereocenters. The normalized spacial score (nSPS) is 31.2. The smallest absolute Gasteiger partial charge is 0.322 e. The van der Waals surface area contributed by atoms with Crippen molar-refractivity contribution < 1.29 is 23.1 Å². The van der Waals surface area contributed by atoms with Crippen molar-refractivity contribution in [3.63, 3.8) is 0 Å². The Kier molecular flexibility index (Phi) is 4.44. The van der Waals surface area contributed by atoms with Crippen molar-refractivity contribution in [1.29, 1.82) is 0 Å². The highest BCUT2D eigenvalue weighted by Crippen LogP contribution is 2.25. The van der Waals surface area contributed by atoms with E-state index in [0.717, 1.165) is 10.7 Å². The van der Waals surface area contributed by atoms with Gasteiger partial charge in [-0.3, -0.25) is 4.79 Å². The zero-order valence-electron chi connectivity index (χ0n) is 11.0. The molecule has 0 bridgehead atoms. The van der Waals surface area contributed by atoms with E-state index in [2.05, 4.69) is 0 Å². The van der Waals surface area contributed by atoms with Gasteiger partial charge >= 0.3 is 5.97 Å². The topological polar surface area (TPSA) is 87.2 Å². The van der Waals surface area contributed by atoms with Crippen LogP contribution in [-0.2, 0) is 19.7 Å². The Bertz CT molecular complexity index is 438. The third-order valence-corrected chi connectivity index (χ3v) is 5.80. The molecule has 2 fully saturated rings. The van der Waals surface area contributed by atoms with E-state index in [1.165, 1.54) is 4.31 Å². The lowest BCUT2D eigenvalue weighted by molar-refractivity contribution is -0.142. The number of aliphatic carboxylic acids is 1. The number of rotatable bonds is 3. The van der Waals surface area contributed by atoms with Crippen molar-refractivity contribution in [3.05, 3.63) is 0 Å². The van der Waals surface area contributed by atoms with E-state index < -0.39 is 22.2 Å². The molecule has 0 radical (unpaired) electrons. The first-order valence-corrected chi connectivity index (χ1v) is 7.93. The second kappa shape index (κ2) is 5.74. The minimum Gasteiger partial charge on any atom is -0.480 e. The number of hydrogen-bond donors (Lipinski definition) is 1. The van der Waals surface area contributed by atoms with Crippen molar-refractivity contribution in [2.24, 2.45) is 0 Å². The minimum absolute atomic E-state index is 0.255. The fraction of sp³-hybridized carbons (Fsp3) is 0.909. The molecule has 2 atom stereocenters. The first kappa shape index (κ1) is 14.7. The van der Waals surface area contributed by atoms with Crippen LogP contribution in [0.5, 0.6) is 0 Å². The van der Waals surface area contributed by atoms with E-state index in [1.807, 2.05) is 0 Å². The zero-order valence-corrected chi connectivity index (χ0v) is 11.8. The summed E-state index contributed by atoms with van der Waals surface area (Å²) in [6.45, 7) is 3.05. The number of carbonyl (C=O) groups is 1. The summed E-state index contributed by atoms with van der Waals surface area (Å²) in [5, 5.41) is 9.19. The highest BCUT2D eigenvalue weighted by Gasteiger charge is 2.42. The summed E-state index contributed by atoms with van der Waals surface area (Å²) in [5.74, 6) is -1.07. The Hall–Kier alpha value is -0.700. The average Bonchev–Trinajstić information content (AvgIpc) is 2.39. The maximum absolute atomic E-state index is 12.6. The fourth-order valence-corrected chi connectivity index (χ4v) is 4.58. The Morgan fingerprint density at radius 3 is 2.63 bits per heavy atom. The van der Waals surface area contributed by atoms with Crippen molar-refractivity contribution in [2.75, 3.05) is 26.3 Å². The van der Waals surface area contributed by atoms with Gasteiger partial charge in [0.05, 0.1) is 13.2 Å². The average molecular weight is 292 g/mol. The molecule has 2 heterocycles. The van der Waals surface area contributed by atoms with Gasteiger partial charge in [0.1, 0.15) is 6.04 Å². The summed E-state index contributed by atoms with van der Waals surface area (Å²) in [4.78, 5) is 11.2. The van der Waals surface area contributed by atoms with Crippen molar-refractivity contribution in [3.8, 4) is 0 Å². The molecule has 0 amide bonds. The minimum atomic E-state index is -3.72. The lowest BCUT2D eigenvalue weighted by atomic mass is 10.1. The van der Waals surface area contributed by atoms with Gasteiger partial charge in [-0.1, -0.05) is 0 Å². The summed E-state index contributed by atoms with van der Waals surface area (Å²) >= 11 is 0. The van der Waals surface area contributed by atoms with Crippen LogP contribution >= 0.6 is 0 Å². The van der Waals surface area contributed by atoms with Gasteiger partial charge in [0.2, 0.25) is 0 Å². The maximum atomic E-state index is 12.6. The molecule has 7 nitrogen and oxygen atoms in total. The standard InChI is InChI=1S/C11H20N2O5S/c1-9-8-18-7-6-12(9)19(16,17)13-5-3-2-4-10(13)11(14)15/h9-10H,2-8H2,1H3,(H,14,15)/t9-,10?/m1/s1. The molecule has 0 aromatic carbocycles. The predicted molar refractivity (Wildman–Crippen MR) is 67.9 cm³/mol. The van der Waals surface area contributed by atoms with Crippen LogP contribution in [0.25, 0.3) is 0 Å². The molecule has 0 saturated carbocycles. The van der Waals surface area contributed by atoms with Gasteiger partial charge < -0.3 is 9.84 Å². The monoisotopic (exact) mass is 292 g/mol. The predicted octanol–water partition coefficient (Wildman–Crippen LogP) is -0.109. The van der Waals surface area contributed by atoms with E-state index >= 15 is 0 Å². The maximum Gasteiger partial charge on any atom is 0.322 e. The third-order valence-electron chi connectivity index (χ3n) is 3.64. The van der Waals surface area contributed by atoms with Crippen LogP contribution < -0.4 is 0 Å². The Morgan fingerprint density at radius 1 is 1.26 bits per heavy atom. The summed E-state index contributed by atoms with van der Waals surface area (Å²) in [6, 6.07) is -1.19. The molecule has 0 aliphatic carbocycles. The van der Waals surface area contributed by atoms with Crippen molar-refractivity contribution >= 4 is 16.2 Å². The van der Waals surface area contributed by atoms with E-state index in [0.29, 0.717) is 26.1 Å². The quantitative estimate of drug-likeness (QED) is 0.784. The number of carboxylic acids is 1. The molecule has 19 heavy (non-hydrogen) atoms. The highest BCUT2D eigenvalue weighted by molar-refractivity contribution is 7.86. The van der Waals surface area contributed by atoms with Gasteiger partial charge in [-0.05, 0) is 26.2 Å². The fourth-order valence-electron chi connectivity index (χ4n) is 2.62. The van der Waals surface area contributed by atoms with E-state index in [4.69, 9.17) is 4.74 Å². The molecule has 0 aromatic rings. The van der Waals surface area contributed by atoms with Crippen molar-refractivity contribution in [2.45, 2.75) is 38.3 Å². The van der Waals surface area contributed by atoms with Crippen molar-refractivity contribution in [1.82, 2.24) is 8.61 Å². The summed E-state index contributed by atoms with van der Waals surface area (Å²) in [6.07, 6.45) is 1.84. The summed E-state index contributed by atoms with van der Waals surface area (Å²) in [7, 11) is -3.72. The van der Waals surface area contributed by atoms with Gasteiger partial charge in [-0.15, -0.1) is 0 Å². The van der Waals surface area contributed by atoms with E-state index in [1.54, 1.807) is 6.92 Å². The van der Waals surface area contributed by atoms with E-state index in [9.17, 15) is 18.3 Å². The summed E-state index contributed by atoms with van der Waals surface area (Å²) in [5.41, 5.74) is 0. The lowest BCUT2D eigenvalue weighted by Crippen LogP contribution is -2.57. The molecule has 110 valence electrons. The SMILES string of the molecule is C[C@@H]1COCCN1S(=O)(=O)N1CCCCC1C(=O)O. The first-order chi connectivity index (χ1) is 8.94. The number of morpholine rings is 1. The largest absolute Gasteiger partial charge is 0.480 e. The van der Waals surface area contributed by atoms with Gasteiger partial charge in [-0.25, -0.2) is 0 Å². The van der Waals surface area contributed by atoms with E-state index in [-0.39, 0.29) is 19.1 Å². The Morgan fingerprint density at radius 2 is 2.00 bits per heavy atom. The van der Waals surface area contributed by atoms with Crippen LogP contribution in [0, 0.1) is 0 Å². The number of nitrogens with zero attached hydrogens (tertiary/aromatic N) is 2. The zero-order chi connectivity index (χ0) is 14.0. The molecule has 0 aromatic heterocycles. The molecular formula is C11H20N2O5S. The molecule has 0 spiro atoms. The van der Waals surface area contributed by atoms with Crippen LogP contribution in [0.4, 0.5) is 0 Å². The van der Waals surface area contributed by atoms with Gasteiger partial charge in [0.25, 0.3) is 10.2 Å². The first-order valence-electron chi connectivity index (χ1n) is 6.53. The summed E-state index contributed by atoms with van der Waals surface area (Å²) < 4.78 is 32.9. The van der Waals surface area contributed by atoms with Crippen LogP contribution in [0.3, 0.4) is 0 Å². The molecular weight excluding hydrogens is 272 g/mol. The Labute approximate surface area is 113 Å². The van der Waals surface area contributed by atoms with Crippen LogP contribution in [0.15, 0.2) is 0 Å². The molecule has 1 N–H and O–H groups in total. The Balaban J connectivity index is 2.23. The van der Waals surface area contributed by atoms with Gasteiger partial charge in [0, 0.05) is 19.1 Å². The molecule has 8 heteroatoms. The molecule has 2 aliphatic rings. The third kappa shape index (κ3) is 2.91. The molecule has 2 saturated heterocycles. The number of piperidine rings is 1.